The SMILES string of the molecule is CCOC(C)CN1CCCC(NC2CC2)C1. The highest BCUT2D eigenvalue weighted by Crippen LogP contribution is 2.22. The minimum Gasteiger partial charge on any atom is -0.377 e. The van der Waals surface area contributed by atoms with Gasteiger partial charge in [0.15, 0.2) is 0 Å². The van der Waals surface area contributed by atoms with Crippen LogP contribution in [0, 0.1) is 0 Å². The normalized spacial score (nSPS) is 29.2. The van der Waals surface area contributed by atoms with Gasteiger partial charge in [-0.2, -0.15) is 0 Å². The minimum atomic E-state index is 0.379. The summed E-state index contributed by atoms with van der Waals surface area (Å²) in [5, 5.41) is 3.75. The first-order chi connectivity index (χ1) is 7.78. The van der Waals surface area contributed by atoms with E-state index in [4.69, 9.17) is 4.74 Å². The van der Waals surface area contributed by atoms with E-state index in [1.807, 2.05) is 0 Å². The Balaban J connectivity index is 1.68. The van der Waals surface area contributed by atoms with Crippen LogP contribution in [-0.2, 0) is 4.74 Å². The molecule has 0 bridgehead atoms. The summed E-state index contributed by atoms with van der Waals surface area (Å²) < 4.78 is 5.61. The van der Waals surface area contributed by atoms with Crippen molar-refractivity contribution < 1.29 is 4.74 Å². The molecule has 1 heterocycles. The molecule has 16 heavy (non-hydrogen) atoms. The Morgan fingerprint density at radius 1 is 1.31 bits per heavy atom. The topological polar surface area (TPSA) is 24.5 Å². The maximum atomic E-state index is 5.61. The standard InChI is InChI=1S/C13H26N2O/c1-3-16-11(2)9-15-8-4-5-13(10-15)14-12-6-7-12/h11-14H,3-10H2,1-2H3. The Morgan fingerprint density at radius 2 is 2.12 bits per heavy atom. The summed E-state index contributed by atoms with van der Waals surface area (Å²) in [5.74, 6) is 0. The second-order valence-corrected chi connectivity index (χ2v) is 5.31. The predicted molar refractivity (Wildman–Crippen MR) is 66.7 cm³/mol. The van der Waals surface area contributed by atoms with Crippen molar-refractivity contribution in [3.63, 3.8) is 0 Å². The molecule has 3 heteroatoms. The number of likely N-dealkylation sites (tertiary alicyclic amines) is 1. The molecule has 94 valence electrons. The van der Waals surface area contributed by atoms with E-state index in [2.05, 4.69) is 24.1 Å². The second-order valence-electron chi connectivity index (χ2n) is 5.31. The van der Waals surface area contributed by atoms with Crippen LogP contribution in [0.3, 0.4) is 0 Å². The molecular weight excluding hydrogens is 200 g/mol. The lowest BCUT2D eigenvalue weighted by atomic mass is 10.1. The monoisotopic (exact) mass is 226 g/mol. The highest BCUT2D eigenvalue weighted by Gasteiger charge is 2.27. The fourth-order valence-corrected chi connectivity index (χ4v) is 2.64. The average molecular weight is 226 g/mol. The highest BCUT2D eigenvalue weighted by atomic mass is 16.5. The van der Waals surface area contributed by atoms with Gasteiger partial charge in [0.1, 0.15) is 0 Å². The van der Waals surface area contributed by atoms with E-state index in [0.29, 0.717) is 6.10 Å². The van der Waals surface area contributed by atoms with Crippen LogP contribution in [0.2, 0.25) is 0 Å². The largest absolute Gasteiger partial charge is 0.377 e. The third-order valence-electron chi connectivity index (χ3n) is 3.52. The number of ether oxygens (including phenoxy) is 1. The summed E-state index contributed by atoms with van der Waals surface area (Å²) in [4.78, 5) is 2.56. The fraction of sp³-hybridized carbons (Fsp3) is 1.00. The third kappa shape index (κ3) is 4.04. The van der Waals surface area contributed by atoms with Gasteiger partial charge >= 0.3 is 0 Å². The smallest absolute Gasteiger partial charge is 0.0673 e. The van der Waals surface area contributed by atoms with E-state index in [0.717, 1.165) is 25.2 Å². The molecule has 2 atom stereocenters. The van der Waals surface area contributed by atoms with E-state index in [1.165, 1.54) is 38.8 Å². The number of rotatable bonds is 6. The zero-order valence-corrected chi connectivity index (χ0v) is 10.7. The van der Waals surface area contributed by atoms with E-state index < -0.39 is 0 Å². The Kier molecular flexibility index (Phi) is 4.62. The molecular formula is C13H26N2O. The summed E-state index contributed by atoms with van der Waals surface area (Å²) in [5.41, 5.74) is 0. The van der Waals surface area contributed by atoms with Gasteiger partial charge in [-0.05, 0) is 46.1 Å². The fourth-order valence-electron chi connectivity index (χ4n) is 2.64. The number of piperidine rings is 1. The number of nitrogens with zero attached hydrogens (tertiary/aromatic N) is 1. The van der Waals surface area contributed by atoms with Crippen molar-refractivity contribution in [2.45, 2.75) is 57.7 Å². The minimum absolute atomic E-state index is 0.379. The molecule has 3 nitrogen and oxygen atoms in total. The summed E-state index contributed by atoms with van der Waals surface area (Å²) in [6, 6.07) is 1.57. The van der Waals surface area contributed by atoms with Crippen LogP contribution in [0.5, 0.6) is 0 Å². The summed E-state index contributed by atoms with van der Waals surface area (Å²) in [7, 11) is 0. The van der Waals surface area contributed by atoms with Crippen LogP contribution in [0.15, 0.2) is 0 Å². The molecule has 2 fully saturated rings. The Morgan fingerprint density at radius 3 is 2.81 bits per heavy atom. The average Bonchev–Trinajstić information content (AvgIpc) is 3.02. The van der Waals surface area contributed by atoms with Crippen molar-refractivity contribution in [2.24, 2.45) is 0 Å². The molecule has 1 N–H and O–H groups in total. The lowest BCUT2D eigenvalue weighted by Gasteiger charge is -2.34. The molecule has 1 saturated heterocycles. The predicted octanol–water partition coefficient (Wildman–Crippen LogP) is 1.63. The first-order valence-electron chi connectivity index (χ1n) is 6.88. The summed E-state index contributed by atoms with van der Waals surface area (Å²) in [6.45, 7) is 8.65. The molecule has 2 rings (SSSR count). The van der Waals surface area contributed by atoms with Crippen LogP contribution in [0.25, 0.3) is 0 Å². The third-order valence-corrected chi connectivity index (χ3v) is 3.52. The molecule has 0 aromatic heterocycles. The summed E-state index contributed by atoms with van der Waals surface area (Å²) in [6.07, 6.45) is 5.86. The van der Waals surface area contributed by atoms with Gasteiger partial charge in [-0.3, -0.25) is 4.90 Å². The second kappa shape index (κ2) is 5.99. The van der Waals surface area contributed by atoms with Gasteiger partial charge in [0, 0.05) is 31.8 Å². The molecule has 0 aromatic rings. The molecule has 2 aliphatic rings. The maximum Gasteiger partial charge on any atom is 0.0673 e. The Bertz CT molecular complexity index is 206. The number of nitrogens with one attached hydrogen (secondary N) is 1. The van der Waals surface area contributed by atoms with Gasteiger partial charge in [-0.1, -0.05) is 0 Å². The zero-order chi connectivity index (χ0) is 11.4. The molecule has 0 amide bonds. The van der Waals surface area contributed by atoms with E-state index in [1.54, 1.807) is 0 Å². The van der Waals surface area contributed by atoms with E-state index in [-0.39, 0.29) is 0 Å². The first kappa shape index (κ1) is 12.3. The molecule has 2 unspecified atom stereocenters. The van der Waals surface area contributed by atoms with E-state index >= 15 is 0 Å². The molecule has 1 aliphatic heterocycles. The van der Waals surface area contributed by atoms with Crippen LogP contribution >= 0.6 is 0 Å². The van der Waals surface area contributed by atoms with Crippen LogP contribution < -0.4 is 5.32 Å². The number of hydrogen-bond acceptors (Lipinski definition) is 3. The van der Waals surface area contributed by atoms with Crippen molar-refractivity contribution in [3.05, 3.63) is 0 Å². The van der Waals surface area contributed by atoms with Gasteiger partial charge in [0.05, 0.1) is 6.10 Å². The van der Waals surface area contributed by atoms with Gasteiger partial charge in [-0.15, -0.1) is 0 Å². The lowest BCUT2D eigenvalue weighted by Crippen LogP contribution is -2.48. The van der Waals surface area contributed by atoms with Crippen molar-refractivity contribution >= 4 is 0 Å². The van der Waals surface area contributed by atoms with Crippen LogP contribution in [-0.4, -0.2) is 49.3 Å². The van der Waals surface area contributed by atoms with Crippen LogP contribution in [0.1, 0.15) is 39.5 Å². The molecule has 0 radical (unpaired) electrons. The molecule has 0 spiro atoms. The van der Waals surface area contributed by atoms with Crippen molar-refractivity contribution in [1.29, 1.82) is 0 Å². The molecule has 0 aromatic carbocycles. The highest BCUT2D eigenvalue weighted by molar-refractivity contribution is 4.88. The quantitative estimate of drug-likeness (QED) is 0.745. The zero-order valence-electron chi connectivity index (χ0n) is 10.7. The van der Waals surface area contributed by atoms with Crippen molar-refractivity contribution in [2.75, 3.05) is 26.2 Å². The van der Waals surface area contributed by atoms with Gasteiger partial charge in [0.2, 0.25) is 0 Å². The lowest BCUT2D eigenvalue weighted by molar-refractivity contribution is 0.0367. The Hall–Kier alpha value is -0.120. The molecule has 1 saturated carbocycles. The van der Waals surface area contributed by atoms with Gasteiger partial charge in [-0.25, -0.2) is 0 Å². The number of hydrogen-bond donors (Lipinski definition) is 1. The van der Waals surface area contributed by atoms with Gasteiger partial charge < -0.3 is 10.1 Å². The van der Waals surface area contributed by atoms with Crippen LogP contribution in [0.4, 0.5) is 0 Å². The summed E-state index contributed by atoms with van der Waals surface area (Å²) >= 11 is 0. The maximum absolute atomic E-state index is 5.61. The Labute approximate surface area is 99.5 Å². The van der Waals surface area contributed by atoms with Gasteiger partial charge in [0.25, 0.3) is 0 Å². The van der Waals surface area contributed by atoms with E-state index in [9.17, 15) is 0 Å². The first-order valence-corrected chi connectivity index (χ1v) is 6.88. The van der Waals surface area contributed by atoms with Crippen molar-refractivity contribution in [3.8, 4) is 0 Å². The molecule has 1 aliphatic carbocycles. The van der Waals surface area contributed by atoms with Crippen molar-refractivity contribution in [1.82, 2.24) is 10.2 Å².